The van der Waals surface area contributed by atoms with E-state index in [1.54, 1.807) is 0 Å². The van der Waals surface area contributed by atoms with Crippen LogP contribution in [0.4, 0.5) is 0 Å². The molecule has 174 valence electrons. The lowest BCUT2D eigenvalue weighted by Crippen LogP contribution is -2.37. The summed E-state index contributed by atoms with van der Waals surface area (Å²) >= 11 is 6.25. The lowest BCUT2D eigenvalue weighted by molar-refractivity contribution is -0.161. The number of hydrogen-bond donors (Lipinski definition) is 1. The minimum atomic E-state index is -1.75. The molecule has 1 aromatic carbocycles. The molecule has 1 aliphatic heterocycles. The van der Waals surface area contributed by atoms with E-state index in [1.165, 1.54) is 23.8 Å². The molecule has 7 heteroatoms. The van der Waals surface area contributed by atoms with Gasteiger partial charge in [0.25, 0.3) is 0 Å². The Morgan fingerprint density at radius 3 is 2.59 bits per heavy atom. The second-order valence-corrected chi connectivity index (χ2v) is 9.21. The molecule has 32 heavy (non-hydrogen) atoms. The third-order valence-electron chi connectivity index (χ3n) is 6.22. The SMILES string of the molecule is COC(=O)C[C@]1(O)C[C@H](CCCCCCc2ccc(Cl)cc2-n2cc(C)c(C)c2)OC1=O. The highest BCUT2D eigenvalue weighted by Crippen LogP contribution is 2.32. The van der Waals surface area contributed by atoms with Gasteiger partial charge >= 0.3 is 11.9 Å². The highest BCUT2D eigenvalue weighted by atomic mass is 35.5. The number of unbranched alkanes of at least 4 members (excludes halogenated alkanes) is 3. The van der Waals surface area contributed by atoms with Crippen molar-refractivity contribution >= 4 is 23.5 Å². The van der Waals surface area contributed by atoms with Gasteiger partial charge in [-0.3, -0.25) is 4.79 Å². The van der Waals surface area contributed by atoms with E-state index in [0.29, 0.717) is 6.42 Å². The van der Waals surface area contributed by atoms with E-state index < -0.39 is 17.5 Å². The van der Waals surface area contributed by atoms with Crippen LogP contribution >= 0.6 is 11.6 Å². The number of carbonyl (C=O) groups excluding carboxylic acids is 2. The Morgan fingerprint density at radius 1 is 1.22 bits per heavy atom. The lowest BCUT2D eigenvalue weighted by Gasteiger charge is -2.15. The van der Waals surface area contributed by atoms with Crippen LogP contribution in [0.25, 0.3) is 5.69 Å². The fourth-order valence-corrected chi connectivity index (χ4v) is 4.37. The summed E-state index contributed by atoms with van der Waals surface area (Å²) in [5.74, 6) is -1.34. The normalized spacial score (nSPS) is 20.4. The number of aromatic nitrogens is 1. The zero-order valence-corrected chi connectivity index (χ0v) is 19.8. The molecule has 0 bridgehead atoms. The molecule has 2 heterocycles. The van der Waals surface area contributed by atoms with Crippen LogP contribution in [0.5, 0.6) is 0 Å². The number of carbonyl (C=O) groups is 2. The Morgan fingerprint density at radius 2 is 1.91 bits per heavy atom. The standard InChI is InChI=1S/C25H32ClNO5/c1-17-15-27(16-18(17)2)22-12-20(26)11-10-19(22)8-6-4-5-7-9-21-13-25(30,24(29)32-21)14-23(28)31-3/h10-12,15-16,21,30H,4-9,13-14H2,1-3H3/t21-,25+/m0/s1. The molecule has 1 saturated heterocycles. The number of hydrogen-bond acceptors (Lipinski definition) is 5. The van der Waals surface area contributed by atoms with Gasteiger partial charge in [0.1, 0.15) is 6.10 Å². The van der Waals surface area contributed by atoms with Crippen molar-refractivity contribution in [1.82, 2.24) is 4.57 Å². The summed E-state index contributed by atoms with van der Waals surface area (Å²) in [6.45, 7) is 4.21. The molecule has 0 spiro atoms. The zero-order chi connectivity index (χ0) is 23.3. The number of ether oxygens (including phenoxy) is 2. The number of aliphatic hydroxyl groups is 1. The van der Waals surface area contributed by atoms with Crippen LogP contribution in [0.1, 0.15) is 61.6 Å². The van der Waals surface area contributed by atoms with E-state index in [9.17, 15) is 14.7 Å². The van der Waals surface area contributed by atoms with Gasteiger partial charge in [0.2, 0.25) is 0 Å². The van der Waals surface area contributed by atoms with Gasteiger partial charge < -0.3 is 19.1 Å². The highest BCUT2D eigenvalue weighted by molar-refractivity contribution is 6.30. The van der Waals surface area contributed by atoms with E-state index >= 15 is 0 Å². The fraction of sp³-hybridized carbons (Fsp3) is 0.520. The largest absolute Gasteiger partial charge is 0.469 e. The van der Waals surface area contributed by atoms with E-state index in [-0.39, 0.29) is 18.9 Å². The first-order chi connectivity index (χ1) is 15.2. The number of esters is 2. The van der Waals surface area contributed by atoms with Gasteiger partial charge in [-0.15, -0.1) is 0 Å². The molecule has 2 aromatic rings. The predicted octanol–water partition coefficient (Wildman–Crippen LogP) is 4.85. The summed E-state index contributed by atoms with van der Waals surface area (Å²) < 4.78 is 12.0. The van der Waals surface area contributed by atoms with Gasteiger partial charge in [0.15, 0.2) is 5.60 Å². The van der Waals surface area contributed by atoms with Gasteiger partial charge in [0.05, 0.1) is 13.5 Å². The summed E-state index contributed by atoms with van der Waals surface area (Å²) in [5.41, 5.74) is 3.14. The van der Waals surface area contributed by atoms with Crippen molar-refractivity contribution in [3.8, 4) is 5.69 Å². The van der Waals surface area contributed by atoms with Gasteiger partial charge in [-0.2, -0.15) is 0 Å². The highest BCUT2D eigenvalue weighted by Gasteiger charge is 2.49. The number of halogens is 1. The number of rotatable bonds is 10. The molecule has 0 saturated carbocycles. The van der Waals surface area contributed by atoms with Crippen molar-refractivity contribution in [3.63, 3.8) is 0 Å². The minimum absolute atomic E-state index is 0.144. The topological polar surface area (TPSA) is 77.8 Å². The van der Waals surface area contributed by atoms with Crippen LogP contribution in [0.3, 0.4) is 0 Å². The number of nitrogens with zero attached hydrogens (tertiary/aromatic N) is 1. The molecule has 0 radical (unpaired) electrons. The van der Waals surface area contributed by atoms with E-state index in [1.807, 2.05) is 12.1 Å². The van der Waals surface area contributed by atoms with Crippen LogP contribution in [0.2, 0.25) is 5.02 Å². The summed E-state index contributed by atoms with van der Waals surface area (Å²) in [5, 5.41) is 11.1. The first kappa shape index (κ1) is 24.3. The molecular formula is C25H32ClNO5. The minimum Gasteiger partial charge on any atom is -0.469 e. The maximum absolute atomic E-state index is 12.0. The second kappa shape index (κ2) is 10.5. The summed E-state index contributed by atoms with van der Waals surface area (Å²) in [4.78, 5) is 23.4. The van der Waals surface area contributed by atoms with Gasteiger partial charge in [-0.25, -0.2) is 4.79 Å². The van der Waals surface area contributed by atoms with Crippen LogP contribution in [-0.2, 0) is 25.5 Å². The van der Waals surface area contributed by atoms with Crippen LogP contribution in [-0.4, -0.2) is 40.4 Å². The number of aryl methyl sites for hydroxylation is 3. The first-order valence-corrected chi connectivity index (χ1v) is 11.5. The quantitative estimate of drug-likeness (QED) is 0.404. The average Bonchev–Trinajstić information content (AvgIpc) is 3.23. The molecule has 3 rings (SSSR count). The average molecular weight is 462 g/mol. The van der Waals surface area contributed by atoms with Crippen LogP contribution < -0.4 is 0 Å². The Hall–Kier alpha value is -2.31. The maximum Gasteiger partial charge on any atom is 0.339 e. The molecule has 6 nitrogen and oxygen atoms in total. The zero-order valence-electron chi connectivity index (χ0n) is 19.0. The van der Waals surface area contributed by atoms with E-state index in [0.717, 1.165) is 42.8 Å². The molecular weight excluding hydrogens is 430 g/mol. The summed E-state index contributed by atoms with van der Waals surface area (Å²) in [6.07, 6.45) is 9.36. The molecule has 1 N–H and O–H groups in total. The molecule has 0 unspecified atom stereocenters. The fourth-order valence-electron chi connectivity index (χ4n) is 4.21. The van der Waals surface area contributed by atoms with Crippen molar-refractivity contribution < 1.29 is 24.2 Å². The Labute approximate surface area is 194 Å². The Balaban J connectivity index is 1.44. The number of cyclic esters (lactones) is 1. The summed E-state index contributed by atoms with van der Waals surface area (Å²) in [6, 6.07) is 6.05. The maximum atomic E-state index is 12.0. The monoisotopic (exact) mass is 461 g/mol. The van der Waals surface area contributed by atoms with Crippen molar-refractivity contribution in [2.45, 2.75) is 76.9 Å². The molecule has 1 aromatic heterocycles. The first-order valence-electron chi connectivity index (χ1n) is 11.2. The number of methoxy groups -OCH3 is 1. The Kier molecular flexibility index (Phi) is 8.01. The van der Waals surface area contributed by atoms with Crippen molar-refractivity contribution in [3.05, 3.63) is 52.3 Å². The molecule has 1 fully saturated rings. The number of benzene rings is 1. The Bertz CT molecular complexity index is 950. The molecule has 0 aliphatic carbocycles. The van der Waals surface area contributed by atoms with Gasteiger partial charge in [-0.05, 0) is 68.4 Å². The third-order valence-corrected chi connectivity index (χ3v) is 6.45. The predicted molar refractivity (Wildman–Crippen MR) is 123 cm³/mol. The van der Waals surface area contributed by atoms with Crippen molar-refractivity contribution in [2.75, 3.05) is 7.11 Å². The van der Waals surface area contributed by atoms with Crippen LogP contribution in [0, 0.1) is 13.8 Å². The van der Waals surface area contributed by atoms with E-state index in [4.69, 9.17) is 16.3 Å². The molecule has 0 amide bonds. The van der Waals surface area contributed by atoms with Gasteiger partial charge in [0, 0.05) is 29.5 Å². The van der Waals surface area contributed by atoms with Gasteiger partial charge in [-0.1, -0.05) is 30.5 Å². The smallest absolute Gasteiger partial charge is 0.339 e. The van der Waals surface area contributed by atoms with E-state index in [2.05, 4.69) is 41.6 Å². The second-order valence-electron chi connectivity index (χ2n) is 8.77. The van der Waals surface area contributed by atoms with Crippen molar-refractivity contribution in [1.29, 1.82) is 0 Å². The molecule has 2 atom stereocenters. The summed E-state index contributed by atoms with van der Waals surface area (Å²) in [7, 11) is 1.23. The lowest BCUT2D eigenvalue weighted by atomic mass is 9.93. The molecule has 1 aliphatic rings. The third kappa shape index (κ3) is 5.93. The van der Waals surface area contributed by atoms with Crippen molar-refractivity contribution in [2.24, 2.45) is 0 Å². The van der Waals surface area contributed by atoms with Crippen LogP contribution in [0.15, 0.2) is 30.6 Å².